The zero-order valence-electron chi connectivity index (χ0n) is 21.1. The van der Waals surface area contributed by atoms with Crippen LogP contribution >= 0.6 is 23.2 Å². The maximum Gasteiger partial charge on any atom is 0.500 e. The lowest BCUT2D eigenvalue weighted by atomic mass is 10.1. The van der Waals surface area contributed by atoms with Gasteiger partial charge in [0.2, 0.25) is 0 Å². The van der Waals surface area contributed by atoms with Gasteiger partial charge in [0.05, 0.1) is 0 Å². The predicted molar refractivity (Wildman–Crippen MR) is 165 cm³/mol. The highest BCUT2D eigenvalue weighted by Gasteiger charge is 2.37. The van der Waals surface area contributed by atoms with Crippen molar-refractivity contribution in [2.45, 2.75) is 36.7 Å². The molecule has 0 aliphatic carbocycles. The maximum atomic E-state index is 5.74. The summed E-state index contributed by atoms with van der Waals surface area (Å²) in [5.41, 5.74) is 4.73. The number of alkyl halides is 2. The van der Waals surface area contributed by atoms with E-state index in [9.17, 15) is 0 Å². The summed E-state index contributed by atoms with van der Waals surface area (Å²) in [6.45, 7) is 0. The standard InChI is InChI=1S/2C12H19ClO3Si.2H4Si/c2*1-14-17(15-2,16-3)9-8-11-4-6-12(10-13)7-5-11;;/h2*4-7H,8-10H2,1-3H3;2*1H4. The molecule has 0 aromatic heterocycles. The number of rotatable bonds is 14. The summed E-state index contributed by atoms with van der Waals surface area (Å²) in [4.78, 5) is 0. The minimum absolute atomic E-state index is 0. The van der Waals surface area contributed by atoms with Gasteiger partial charge in [0.15, 0.2) is 0 Å². The van der Waals surface area contributed by atoms with Crippen LogP contribution in [0, 0.1) is 0 Å². The van der Waals surface area contributed by atoms with Crippen LogP contribution in [0.25, 0.3) is 0 Å². The van der Waals surface area contributed by atoms with E-state index in [1.54, 1.807) is 42.7 Å². The van der Waals surface area contributed by atoms with Gasteiger partial charge in [-0.15, -0.1) is 23.2 Å². The van der Waals surface area contributed by atoms with Gasteiger partial charge in [0.25, 0.3) is 0 Å². The Morgan fingerprint density at radius 1 is 0.472 bits per heavy atom. The molecule has 208 valence electrons. The SMILES string of the molecule is CO[Si](CCc1ccc(CCl)cc1)(OC)OC.CO[Si](CCc1ccc(CCl)cc1)(OC)OC.[SiH4].[SiH4]. The number of hydrogen-bond acceptors (Lipinski definition) is 6. The van der Waals surface area contributed by atoms with Gasteiger partial charge in [-0.25, -0.2) is 0 Å². The third kappa shape index (κ3) is 12.5. The summed E-state index contributed by atoms with van der Waals surface area (Å²) in [7, 11) is 4.91. The topological polar surface area (TPSA) is 55.4 Å². The first-order chi connectivity index (χ1) is 16.4. The molecule has 2 aromatic carbocycles. The third-order valence-electron chi connectivity index (χ3n) is 5.66. The molecular weight excluding hydrogens is 568 g/mol. The van der Waals surface area contributed by atoms with Crippen molar-refractivity contribution < 1.29 is 26.6 Å². The number of halogens is 2. The molecule has 0 saturated carbocycles. The average Bonchev–Trinajstić information content (AvgIpc) is 2.92. The first kappa shape index (κ1) is 37.8. The molecule has 2 aromatic rings. The number of aryl methyl sites for hydroxylation is 2. The van der Waals surface area contributed by atoms with E-state index in [0.717, 1.165) is 36.1 Å². The fourth-order valence-corrected chi connectivity index (χ4v) is 7.07. The molecule has 0 atom stereocenters. The van der Waals surface area contributed by atoms with Gasteiger partial charge >= 0.3 is 17.6 Å². The monoisotopic (exact) mass is 612 g/mol. The normalized spacial score (nSPS) is 11.1. The largest absolute Gasteiger partial charge is 0.500 e. The van der Waals surface area contributed by atoms with Crippen LogP contribution in [0.2, 0.25) is 12.1 Å². The summed E-state index contributed by atoms with van der Waals surface area (Å²) >= 11 is 11.5. The third-order valence-corrected chi connectivity index (χ3v) is 11.7. The molecule has 0 amide bonds. The Morgan fingerprint density at radius 3 is 0.889 bits per heavy atom. The highest BCUT2D eigenvalue weighted by Crippen LogP contribution is 2.18. The van der Waals surface area contributed by atoms with Crippen molar-refractivity contribution in [2.75, 3.05) is 42.7 Å². The molecule has 2 rings (SSSR count). The van der Waals surface area contributed by atoms with Gasteiger partial charge in [0.1, 0.15) is 0 Å². The molecule has 6 nitrogen and oxygen atoms in total. The molecule has 0 saturated heterocycles. The van der Waals surface area contributed by atoms with Crippen LogP contribution in [-0.2, 0) is 51.2 Å². The Hall–Kier alpha value is -0.352. The van der Waals surface area contributed by atoms with Gasteiger partial charge < -0.3 is 26.6 Å². The molecule has 0 unspecified atom stereocenters. The van der Waals surface area contributed by atoms with E-state index in [1.165, 1.54) is 11.1 Å². The summed E-state index contributed by atoms with van der Waals surface area (Å²) in [5, 5.41) is 0. The molecular formula is C24H46Cl2O6Si4. The first-order valence-corrected chi connectivity index (χ1v) is 15.9. The second-order valence-corrected chi connectivity index (χ2v) is 14.2. The summed E-state index contributed by atoms with van der Waals surface area (Å²) in [5.74, 6) is 1.10. The lowest BCUT2D eigenvalue weighted by molar-refractivity contribution is 0.123. The van der Waals surface area contributed by atoms with E-state index in [4.69, 9.17) is 49.8 Å². The molecule has 0 spiro atoms. The van der Waals surface area contributed by atoms with Gasteiger partial charge in [-0.05, 0) is 57.0 Å². The minimum Gasteiger partial charge on any atom is -0.377 e. The molecule has 0 aliphatic rings. The zero-order valence-corrected chi connectivity index (χ0v) is 24.6. The van der Waals surface area contributed by atoms with E-state index in [1.807, 2.05) is 24.3 Å². The fourth-order valence-electron chi connectivity index (χ4n) is 3.30. The predicted octanol–water partition coefficient (Wildman–Crippen LogP) is 2.79. The van der Waals surface area contributed by atoms with E-state index in [0.29, 0.717) is 11.8 Å². The van der Waals surface area contributed by atoms with E-state index >= 15 is 0 Å². The van der Waals surface area contributed by atoms with Crippen molar-refractivity contribution in [3.05, 3.63) is 70.8 Å². The fraction of sp³-hybridized carbons (Fsp3) is 0.500. The molecule has 0 bridgehead atoms. The van der Waals surface area contributed by atoms with Crippen molar-refractivity contribution in [1.82, 2.24) is 0 Å². The second kappa shape index (κ2) is 20.6. The molecule has 36 heavy (non-hydrogen) atoms. The van der Waals surface area contributed by atoms with Crippen LogP contribution in [0.1, 0.15) is 22.3 Å². The van der Waals surface area contributed by atoms with Crippen LogP contribution in [0.3, 0.4) is 0 Å². The van der Waals surface area contributed by atoms with Crippen LogP contribution in [-0.4, -0.2) is 82.2 Å². The van der Waals surface area contributed by atoms with Crippen molar-refractivity contribution in [1.29, 1.82) is 0 Å². The van der Waals surface area contributed by atoms with Crippen LogP contribution in [0.4, 0.5) is 0 Å². The molecule has 0 fully saturated rings. The summed E-state index contributed by atoms with van der Waals surface area (Å²) in [6.07, 6.45) is 1.76. The van der Waals surface area contributed by atoms with Gasteiger partial charge in [-0.1, -0.05) is 48.5 Å². The van der Waals surface area contributed by atoms with Crippen LogP contribution in [0.5, 0.6) is 0 Å². The minimum atomic E-state index is -2.45. The second-order valence-electron chi connectivity index (χ2n) is 7.49. The van der Waals surface area contributed by atoms with Crippen molar-refractivity contribution >= 4 is 62.7 Å². The molecule has 0 N–H and O–H groups in total. The Kier molecular flexibility index (Phi) is 21.6. The summed E-state index contributed by atoms with van der Waals surface area (Å²) in [6, 6.07) is 18.0. The quantitative estimate of drug-likeness (QED) is 0.241. The maximum absolute atomic E-state index is 5.74. The Balaban J connectivity index is 0. The molecule has 0 radical (unpaired) electrons. The van der Waals surface area contributed by atoms with Crippen LogP contribution in [0.15, 0.2) is 48.5 Å². The van der Waals surface area contributed by atoms with Crippen LogP contribution < -0.4 is 0 Å². The highest BCUT2D eigenvalue weighted by atomic mass is 35.5. The lowest BCUT2D eigenvalue weighted by Crippen LogP contribution is -2.43. The molecule has 0 aliphatic heterocycles. The summed E-state index contributed by atoms with van der Waals surface area (Å²) < 4.78 is 32.3. The average molecular weight is 614 g/mol. The zero-order chi connectivity index (χ0) is 25.5. The molecule has 12 heteroatoms. The lowest BCUT2D eigenvalue weighted by Gasteiger charge is -2.24. The van der Waals surface area contributed by atoms with E-state index in [2.05, 4.69) is 24.3 Å². The van der Waals surface area contributed by atoms with Gasteiger partial charge in [-0.2, -0.15) is 0 Å². The Labute approximate surface area is 238 Å². The van der Waals surface area contributed by atoms with E-state index < -0.39 is 17.6 Å². The smallest absolute Gasteiger partial charge is 0.377 e. The Bertz CT molecular complexity index is 708. The van der Waals surface area contributed by atoms with Gasteiger partial charge in [0, 0.05) is 66.5 Å². The molecule has 0 heterocycles. The van der Waals surface area contributed by atoms with Gasteiger partial charge in [-0.3, -0.25) is 0 Å². The highest BCUT2D eigenvalue weighted by molar-refractivity contribution is 6.60. The van der Waals surface area contributed by atoms with Crippen molar-refractivity contribution in [3.8, 4) is 0 Å². The number of benzene rings is 2. The van der Waals surface area contributed by atoms with E-state index in [-0.39, 0.29) is 21.9 Å². The van der Waals surface area contributed by atoms with Crippen molar-refractivity contribution in [2.24, 2.45) is 0 Å². The first-order valence-electron chi connectivity index (χ1n) is 11.0. The Morgan fingerprint density at radius 2 is 0.694 bits per heavy atom. The number of hydrogen-bond donors (Lipinski definition) is 0. The van der Waals surface area contributed by atoms with Crippen molar-refractivity contribution in [3.63, 3.8) is 0 Å².